The molecule has 1 N–H and O–H groups in total. The Balaban J connectivity index is 2.23. The molecule has 1 aliphatic rings. The van der Waals surface area contributed by atoms with Crippen molar-refractivity contribution in [3.8, 4) is 0 Å². The molecule has 2 heterocycles. The molecular weight excluding hydrogens is 278 g/mol. The number of carbonyl (C=O) groups is 2. The van der Waals surface area contributed by atoms with Crippen molar-refractivity contribution >= 4 is 29.2 Å². The van der Waals surface area contributed by atoms with Crippen LogP contribution in [-0.4, -0.2) is 44.9 Å². The molecule has 1 saturated heterocycles. The molecule has 1 fully saturated rings. The number of halogens is 1. The molecule has 0 bridgehead atoms. The number of nitro groups is 1. The Hall–Kier alpha value is -2.22. The molecule has 1 aliphatic heterocycles. The lowest BCUT2D eigenvalue weighted by Gasteiger charge is -2.36. The smallest absolute Gasteiger partial charge is 0.310 e. The second kappa shape index (κ2) is 4.81. The first-order valence-electron chi connectivity index (χ1n) is 5.22. The normalized spacial score (nSPS) is 14.9. The van der Waals surface area contributed by atoms with Gasteiger partial charge in [0.2, 0.25) is 0 Å². The van der Waals surface area contributed by atoms with Gasteiger partial charge in [-0.25, -0.2) is 4.98 Å². The number of carboxylic acids is 1. The number of nitrogens with zero attached hydrogens (tertiary/aromatic N) is 3. The summed E-state index contributed by atoms with van der Waals surface area (Å²) in [6.45, 7) is 0.0660. The number of pyridine rings is 1. The van der Waals surface area contributed by atoms with E-state index < -0.39 is 28.4 Å². The number of carbonyl (C=O) groups excluding carboxylic acids is 1. The maximum atomic E-state index is 12.0. The van der Waals surface area contributed by atoms with Crippen LogP contribution in [0.4, 0.5) is 5.69 Å². The molecule has 8 nitrogen and oxygen atoms in total. The van der Waals surface area contributed by atoms with Crippen molar-refractivity contribution in [3.05, 3.63) is 33.1 Å². The summed E-state index contributed by atoms with van der Waals surface area (Å²) in [6, 6.07) is 1.11. The molecule has 1 aromatic heterocycles. The third-order valence-corrected chi connectivity index (χ3v) is 3.00. The van der Waals surface area contributed by atoms with Gasteiger partial charge in [0.25, 0.3) is 11.6 Å². The maximum absolute atomic E-state index is 12.0. The molecule has 0 atom stereocenters. The number of aromatic nitrogens is 1. The molecule has 9 heteroatoms. The standard InChI is InChI=1S/C10H8ClN3O5/c11-8-1-6(7(2-12-8)14(18)19)9(15)13-3-5(4-13)10(16)17/h1-2,5H,3-4H2,(H,16,17). The lowest BCUT2D eigenvalue weighted by atomic mass is 9.99. The number of rotatable bonds is 3. The number of amides is 1. The van der Waals surface area contributed by atoms with E-state index in [1.54, 1.807) is 0 Å². The summed E-state index contributed by atoms with van der Waals surface area (Å²) in [5.41, 5.74) is -0.637. The summed E-state index contributed by atoms with van der Waals surface area (Å²) in [5.74, 6) is -2.24. The SMILES string of the molecule is O=C(O)C1CN(C(=O)c2cc(Cl)ncc2[N+](=O)[O-])C1. The average Bonchev–Trinajstić information content (AvgIpc) is 2.25. The van der Waals surface area contributed by atoms with E-state index in [1.165, 1.54) is 4.90 Å². The fraction of sp³-hybridized carbons (Fsp3) is 0.300. The van der Waals surface area contributed by atoms with Crippen LogP contribution in [0.2, 0.25) is 5.15 Å². The molecule has 1 aromatic rings. The quantitative estimate of drug-likeness (QED) is 0.499. The Morgan fingerprint density at radius 2 is 2.16 bits per heavy atom. The lowest BCUT2D eigenvalue weighted by molar-refractivity contribution is -0.385. The fourth-order valence-corrected chi connectivity index (χ4v) is 1.87. The van der Waals surface area contributed by atoms with Gasteiger partial charge >= 0.3 is 5.97 Å². The monoisotopic (exact) mass is 285 g/mol. The van der Waals surface area contributed by atoms with Gasteiger partial charge in [0.15, 0.2) is 0 Å². The molecule has 0 aromatic carbocycles. The van der Waals surface area contributed by atoms with E-state index in [1.807, 2.05) is 0 Å². The topological polar surface area (TPSA) is 114 Å². The van der Waals surface area contributed by atoms with E-state index in [2.05, 4.69) is 4.98 Å². The molecular formula is C10H8ClN3O5. The summed E-state index contributed by atoms with van der Waals surface area (Å²) < 4.78 is 0. The molecule has 0 saturated carbocycles. The molecule has 0 aliphatic carbocycles. The Morgan fingerprint density at radius 3 is 2.68 bits per heavy atom. The predicted molar refractivity (Wildman–Crippen MR) is 62.9 cm³/mol. The van der Waals surface area contributed by atoms with Crippen LogP contribution in [0.5, 0.6) is 0 Å². The molecule has 0 unspecified atom stereocenters. The van der Waals surface area contributed by atoms with Gasteiger partial charge in [-0.05, 0) is 6.07 Å². The summed E-state index contributed by atoms with van der Waals surface area (Å²) in [7, 11) is 0. The van der Waals surface area contributed by atoms with Crippen molar-refractivity contribution in [3.63, 3.8) is 0 Å². The number of hydrogen-bond acceptors (Lipinski definition) is 5. The Labute approximate surface area is 111 Å². The van der Waals surface area contributed by atoms with Gasteiger partial charge in [-0.1, -0.05) is 11.6 Å². The highest BCUT2D eigenvalue weighted by Gasteiger charge is 2.38. The van der Waals surface area contributed by atoms with Gasteiger partial charge in [-0.2, -0.15) is 0 Å². The summed E-state index contributed by atoms with van der Waals surface area (Å²) in [4.78, 5) is 37.5. The first-order chi connectivity index (χ1) is 8.90. The van der Waals surface area contributed by atoms with E-state index in [4.69, 9.17) is 16.7 Å². The highest BCUT2D eigenvalue weighted by molar-refractivity contribution is 6.29. The van der Waals surface area contributed by atoms with E-state index in [9.17, 15) is 19.7 Å². The zero-order chi connectivity index (χ0) is 14.2. The van der Waals surface area contributed by atoms with Gasteiger partial charge in [-0.3, -0.25) is 19.7 Å². The van der Waals surface area contributed by atoms with Crippen LogP contribution in [-0.2, 0) is 4.79 Å². The second-order valence-electron chi connectivity index (χ2n) is 4.03. The van der Waals surface area contributed by atoms with Crippen LogP contribution in [0.3, 0.4) is 0 Å². The lowest BCUT2D eigenvalue weighted by Crippen LogP contribution is -2.53. The minimum absolute atomic E-state index is 0.0330. The van der Waals surface area contributed by atoms with E-state index in [0.717, 1.165) is 12.3 Å². The molecule has 0 radical (unpaired) electrons. The van der Waals surface area contributed by atoms with Crippen LogP contribution in [0.25, 0.3) is 0 Å². The number of likely N-dealkylation sites (tertiary alicyclic amines) is 1. The van der Waals surface area contributed by atoms with Crippen molar-refractivity contribution in [1.29, 1.82) is 0 Å². The highest BCUT2D eigenvalue weighted by atomic mass is 35.5. The first kappa shape index (κ1) is 13.2. The summed E-state index contributed by atoms with van der Waals surface area (Å²) in [6.07, 6.45) is 0.907. The van der Waals surface area contributed by atoms with Gasteiger partial charge in [-0.15, -0.1) is 0 Å². The number of hydrogen-bond donors (Lipinski definition) is 1. The number of aliphatic carboxylic acids is 1. The van der Waals surface area contributed by atoms with Crippen molar-refractivity contribution in [2.75, 3.05) is 13.1 Å². The van der Waals surface area contributed by atoms with Gasteiger partial charge in [0.05, 0.1) is 10.8 Å². The van der Waals surface area contributed by atoms with Crippen molar-refractivity contribution in [2.45, 2.75) is 0 Å². The van der Waals surface area contributed by atoms with E-state index >= 15 is 0 Å². The summed E-state index contributed by atoms with van der Waals surface area (Å²) in [5, 5.41) is 19.5. The minimum atomic E-state index is -0.994. The fourth-order valence-electron chi connectivity index (χ4n) is 1.71. The summed E-state index contributed by atoms with van der Waals surface area (Å²) >= 11 is 5.61. The Morgan fingerprint density at radius 1 is 1.53 bits per heavy atom. The first-order valence-corrected chi connectivity index (χ1v) is 5.60. The third kappa shape index (κ3) is 2.48. The zero-order valence-electron chi connectivity index (χ0n) is 9.45. The maximum Gasteiger partial charge on any atom is 0.310 e. The van der Waals surface area contributed by atoms with Crippen LogP contribution in [0.1, 0.15) is 10.4 Å². The van der Waals surface area contributed by atoms with Crippen molar-refractivity contribution < 1.29 is 19.6 Å². The Bertz CT molecular complexity index is 570. The van der Waals surface area contributed by atoms with Crippen molar-refractivity contribution in [1.82, 2.24) is 9.88 Å². The van der Waals surface area contributed by atoms with Crippen LogP contribution in [0, 0.1) is 16.0 Å². The largest absolute Gasteiger partial charge is 0.481 e. The molecule has 19 heavy (non-hydrogen) atoms. The molecule has 1 amide bonds. The van der Waals surface area contributed by atoms with Gasteiger partial charge < -0.3 is 10.0 Å². The Kier molecular flexibility index (Phi) is 3.34. The third-order valence-electron chi connectivity index (χ3n) is 2.79. The molecule has 100 valence electrons. The second-order valence-corrected chi connectivity index (χ2v) is 4.41. The van der Waals surface area contributed by atoms with Crippen molar-refractivity contribution in [2.24, 2.45) is 5.92 Å². The highest BCUT2D eigenvalue weighted by Crippen LogP contribution is 2.25. The minimum Gasteiger partial charge on any atom is -0.481 e. The van der Waals surface area contributed by atoms with E-state index in [-0.39, 0.29) is 23.8 Å². The zero-order valence-corrected chi connectivity index (χ0v) is 10.2. The predicted octanol–water partition coefficient (Wildman–Crippen LogP) is 0.800. The van der Waals surface area contributed by atoms with Crippen LogP contribution >= 0.6 is 11.6 Å². The van der Waals surface area contributed by atoms with E-state index in [0.29, 0.717) is 0 Å². The average molecular weight is 286 g/mol. The van der Waals surface area contributed by atoms with Gasteiger partial charge in [0, 0.05) is 13.1 Å². The van der Waals surface area contributed by atoms with Crippen LogP contribution < -0.4 is 0 Å². The van der Waals surface area contributed by atoms with Crippen LogP contribution in [0.15, 0.2) is 12.3 Å². The number of carboxylic acid groups (broad SMARTS) is 1. The molecule has 0 spiro atoms. The molecule has 2 rings (SSSR count). The van der Waals surface area contributed by atoms with Gasteiger partial charge in [0.1, 0.15) is 16.9 Å².